The van der Waals surface area contributed by atoms with Gasteiger partial charge >= 0.3 is 0 Å². The summed E-state index contributed by atoms with van der Waals surface area (Å²) < 4.78 is 19.8. The van der Waals surface area contributed by atoms with Gasteiger partial charge in [-0.05, 0) is 32.9 Å². The van der Waals surface area contributed by atoms with Crippen molar-refractivity contribution in [2.24, 2.45) is 0 Å². The molecule has 1 atom stereocenters. The summed E-state index contributed by atoms with van der Waals surface area (Å²) in [7, 11) is -2.54. The summed E-state index contributed by atoms with van der Waals surface area (Å²) in [5.41, 5.74) is 0. The monoisotopic (exact) mass is 275 g/mol. The molecular formula is C12H26N3O2P. The lowest BCUT2D eigenvalue weighted by Crippen LogP contribution is -2.51. The van der Waals surface area contributed by atoms with Crippen molar-refractivity contribution in [3.8, 4) is 0 Å². The number of nitrogens with zero attached hydrogens (tertiary/aromatic N) is 2. The van der Waals surface area contributed by atoms with E-state index in [-0.39, 0.29) is 0 Å². The summed E-state index contributed by atoms with van der Waals surface area (Å²) in [6.45, 7) is 10.2. The van der Waals surface area contributed by atoms with Gasteiger partial charge in [-0.3, -0.25) is 9.46 Å². The summed E-state index contributed by atoms with van der Waals surface area (Å²) in [6.07, 6.45) is 2.49. The third-order valence-corrected chi connectivity index (χ3v) is 6.16. The summed E-state index contributed by atoms with van der Waals surface area (Å²) in [4.78, 5) is 2.56. The van der Waals surface area contributed by atoms with Gasteiger partial charge in [0, 0.05) is 38.9 Å². The third-order valence-electron chi connectivity index (χ3n) is 4.00. The number of rotatable bonds is 4. The smallest absolute Gasteiger partial charge is 0.269 e. The van der Waals surface area contributed by atoms with Crippen LogP contribution in [0.2, 0.25) is 0 Å². The van der Waals surface area contributed by atoms with Crippen molar-refractivity contribution >= 4 is 7.52 Å². The van der Waals surface area contributed by atoms with Gasteiger partial charge < -0.3 is 9.84 Å². The predicted octanol–water partition coefficient (Wildman–Crippen LogP) is 1.22. The first-order valence-corrected chi connectivity index (χ1v) is 9.08. The van der Waals surface area contributed by atoms with Crippen LogP contribution in [0.3, 0.4) is 0 Å². The molecule has 6 heteroatoms. The zero-order valence-electron chi connectivity index (χ0n) is 11.6. The molecule has 0 radical (unpaired) electrons. The number of piperazine rings is 1. The molecule has 106 valence electrons. The van der Waals surface area contributed by atoms with E-state index in [0.717, 1.165) is 45.3 Å². The first kappa shape index (κ1) is 14.5. The molecule has 0 aromatic carbocycles. The molecule has 0 spiro atoms. The maximum Gasteiger partial charge on any atom is 0.269 e. The Hall–Kier alpha value is 0.0700. The van der Waals surface area contributed by atoms with Gasteiger partial charge in [0.25, 0.3) is 7.52 Å². The minimum Gasteiger partial charge on any atom is -0.318 e. The van der Waals surface area contributed by atoms with Crippen molar-refractivity contribution in [1.82, 2.24) is 14.9 Å². The van der Waals surface area contributed by atoms with Crippen LogP contribution in [0, 0.1) is 0 Å². The molecule has 2 heterocycles. The number of piperidine rings is 1. The van der Waals surface area contributed by atoms with Gasteiger partial charge in [0.05, 0.1) is 6.61 Å². The Balaban J connectivity index is 1.82. The van der Waals surface area contributed by atoms with Crippen LogP contribution in [0.5, 0.6) is 0 Å². The SMILES string of the molecule is CCOP(C)(=O)N1CCN(C2CCNCC2)CC1. The Labute approximate surface area is 110 Å². The summed E-state index contributed by atoms with van der Waals surface area (Å²) in [6, 6.07) is 0.719. The maximum atomic E-state index is 12.3. The summed E-state index contributed by atoms with van der Waals surface area (Å²) >= 11 is 0. The van der Waals surface area contributed by atoms with Gasteiger partial charge in [-0.25, -0.2) is 4.67 Å². The molecule has 18 heavy (non-hydrogen) atoms. The first-order valence-electron chi connectivity index (χ1n) is 7.05. The van der Waals surface area contributed by atoms with Crippen LogP contribution in [0.25, 0.3) is 0 Å². The standard InChI is InChI=1S/C12H26N3O2P/c1-3-17-18(2,16)15-10-8-14(9-11-15)12-4-6-13-7-5-12/h12-13H,3-11H2,1-2H3. The molecule has 2 aliphatic heterocycles. The van der Waals surface area contributed by atoms with Crippen LogP contribution in [0.15, 0.2) is 0 Å². The molecule has 2 saturated heterocycles. The molecule has 0 aromatic rings. The van der Waals surface area contributed by atoms with Gasteiger partial charge in [-0.15, -0.1) is 0 Å². The summed E-state index contributed by atoms with van der Waals surface area (Å²) in [5.74, 6) is 0. The van der Waals surface area contributed by atoms with Crippen molar-refractivity contribution in [2.75, 3.05) is 52.5 Å². The lowest BCUT2D eigenvalue weighted by atomic mass is 10.0. The van der Waals surface area contributed by atoms with E-state index >= 15 is 0 Å². The number of hydrogen-bond donors (Lipinski definition) is 1. The van der Waals surface area contributed by atoms with E-state index in [1.165, 1.54) is 12.8 Å². The second-order valence-electron chi connectivity index (χ2n) is 5.19. The fourth-order valence-electron chi connectivity index (χ4n) is 2.93. The Morgan fingerprint density at radius 2 is 1.83 bits per heavy atom. The molecular weight excluding hydrogens is 249 g/mol. The van der Waals surface area contributed by atoms with Crippen LogP contribution in [0.1, 0.15) is 19.8 Å². The molecule has 0 amide bonds. The quantitative estimate of drug-likeness (QED) is 0.782. The predicted molar refractivity (Wildman–Crippen MR) is 74.2 cm³/mol. The fourth-order valence-corrected chi connectivity index (χ4v) is 4.48. The second kappa shape index (κ2) is 6.49. The largest absolute Gasteiger partial charge is 0.318 e. The van der Waals surface area contributed by atoms with E-state index in [1.807, 2.05) is 11.6 Å². The van der Waals surface area contributed by atoms with Gasteiger partial charge in [0.1, 0.15) is 0 Å². The Bertz CT molecular complexity index is 300. The Kier molecular flexibility index (Phi) is 5.22. The minimum absolute atomic E-state index is 0.530. The van der Waals surface area contributed by atoms with E-state index in [9.17, 15) is 4.57 Å². The highest BCUT2D eigenvalue weighted by Crippen LogP contribution is 2.47. The normalized spacial score (nSPS) is 28.1. The second-order valence-corrected chi connectivity index (χ2v) is 7.62. The highest BCUT2D eigenvalue weighted by molar-refractivity contribution is 7.55. The lowest BCUT2D eigenvalue weighted by Gasteiger charge is -2.42. The van der Waals surface area contributed by atoms with Gasteiger partial charge in [0.2, 0.25) is 0 Å². The van der Waals surface area contributed by atoms with E-state index in [0.29, 0.717) is 6.61 Å². The molecule has 5 nitrogen and oxygen atoms in total. The van der Waals surface area contributed by atoms with E-state index in [4.69, 9.17) is 4.52 Å². The van der Waals surface area contributed by atoms with Crippen LogP contribution in [-0.4, -0.2) is 68.2 Å². The van der Waals surface area contributed by atoms with E-state index in [1.54, 1.807) is 6.66 Å². The van der Waals surface area contributed by atoms with Crippen LogP contribution in [-0.2, 0) is 9.09 Å². The zero-order valence-corrected chi connectivity index (χ0v) is 12.5. The molecule has 0 saturated carbocycles. The van der Waals surface area contributed by atoms with Gasteiger partial charge in [0.15, 0.2) is 0 Å². The van der Waals surface area contributed by atoms with Gasteiger partial charge in [-0.2, -0.15) is 0 Å². The third kappa shape index (κ3) is 3.55. The van der Waals surface area contributed by atoms with Crippen molar-refractivity contribution in [3.63, 3.8) is 0 Å². The van der Waals surface area contributed by atoms with E-state index < -0.39 is 7.52 Å². The number of hydrogen-bond acceptors (Lipinski definition) is 4. The highest BCUT2D eigenvalue weighted by atomic mass is 31.2. The molecule has 2 rings (SSSR count). The first-order chi connectivity index (χ1) is 8.63. The maximum absolute atomic E-state index is 12.3. The van der Waals surface area contributed by atoms with Crippen molar-refractivity contribution in [3.05, 3.63) is 0 Å². The van der Waals surface area contributed by atoms with Crippen molar-refractivity contribution in [1.29, 1.82) is 0 Å². The summed E-state index contributed by atoms with van der Waals surface area (Å²) in [5, 5.41) is 3.40. The number of nitrogens with one attached hydrogen (secondary N) is 1. The van der Waals surface area contributed by atoms with Crippen LogP contribution >= 0.6 is 7.52 Å². The van der Waals surface area contributed by atoms with Gasteiger partial charge in [-0.1, -0.05) is 0 Å². The average Bonchev–Trinajstić information content (AvgIpc) is 2.40. The van der Waals surface area contributed by atoms with Crippen molar-refractivity contribution in [2.45, 2.75) is 25.8 Å². The minimum atomic E-state index is -2.54. The molecule has 2 aliphatic rings. The molecule has 1 N–H and O–H groups in total. The Morgan fingerprint density at radius 3 is 2.39 bits per heavy atom. The average molecular weight is 275 g/mol. The fraction of sp³-hybridized carbons (Fsp3) is 1.00. The topological polar surface area (TPSA) is 44.8 Å². The molecule has 2 fully saturated rings. The zero-order chi connectivity index (χ0) is 13.0. The molecule has 0 aliphatic carbocycles. The van der Waals surface area contributed by atoms with E-state index in [2.05, 4.69) is 10.2 Å². The van der Waals surface area contributed by atoms with Crippen LogP contribution in [0.4, 0.5) is 0 Å². The van der Waals surface area contributed by atoms with Crippen LogP contribution < -0.4 is 5.32 Å². The van der Waals surface area contributed by atoms with Crippen molar-refractivity contribution < 1.29 is 9.09 Å². The molecule has 0 bridgehead atoms. The Morgan fingerprint density at radius 1 is 1.22 bits per heavy atom. The lowest BCUT2D eigenvalue weighted by molar-refractivity contribution is 0.107. The molecule has 1 unspecified atom stereocenters. The molecule has 0 aromatic heterocycles. The highest BCUT2D eigenvalue weighted by Gasteiger charge is 2.31.